The maximum Gasteiger partial charge on any atom is 0.328 e. The highest BCUT2D eigenvalue weighted by Crippen LogP contribution is 2.29. The van der Waals surface area contributed by atoms with Gasteiger partial charge in [-0.05, 0) is 24.3 Å². The van der Waals surface area contributed by atoms with Gasteiger partial charge in [-0.1, -0.05) is 0 Å². The van der Waals surface area contributed by atoms with Crippen LogP contribution in [0.3, 0.4) is 0 Å². The maximum absolute atomic E-state index is 10.6. The van der Waals surface area contributed by atoms with E-state index in [1.54, 1.807) is 13.3 Å². The predicted molar refractivity (Wildman–Crippen MR) is 76.8 cm³/mol. The Labute approximate surface area is 114 Å². The molecule has 0 aliphatic carbocycles. The summed E-state index contributed by atoms with van der Waals surface area (Å²) in [4.78, 5) is 18.1. The van der Waals surface area contributed by atoms with Crippen LogP contribution in [0.15, 0.2) is 36.5 Å². The summed E-state index contributed by atoms with van der Waals surface area (Å²) in [5, 5.41) is 10.8. The van der Waals surface area contributed by atoms with Crippen molar-refractivity contribution in [3.63, 3.8) is 0 Å². The van der Waals surface area contributed by atoms with Gasteiger partial charge in [-0.25, -0.2) is 4.79 Å². The van der Waals surface area contributed by atoms with E-state index < -0.39 is 5.97 Å². The molecule has 2 N–H and O–H groups in total. The highest BCUT2D eigenvalue weighted by molar-refractivity contribution is 6.09. The summed E-state index contributed by atoms with van der Waals surface area (Å²) in [6.07, 6.45) is 4.23. The number of aliphatic carboxylic acids is 1. The maximum atomic E-state index is 10.6. The second kappa shape index (κ2) is 4.70. The summed E-state index contributed by atoms with van der Waals surface area (Å²) < 4.78 is 5.20. The van der Waals surface area contributed by atoms with Crippen molar-refractivity contribution in [3.8, 4) is 5.75 Å². The number of fused-ring (bicyclic) bond motifs is 3. The molecule has 0 unspecified atom stereocenters. The first-order valence-corrected chi connectivity index (χ1v) is 6.04. The van der Waals surface area contributed by atoms with Gasteiger partial charge in [-0.2, -0.15) is 0 Å². The summed E-state index contributed by atoms with van der Waals surface area (Å²) in [6.45, 7) is 0. The van der Waals surface area contributed by atoms with Crippen LogP contribution < -0.4 is 4.74 Å². The number of aromatic amines is 1. The third kappa shape index (κ3) is 1.99. The molecule has 0 amide bonds. The number of nitrogens with one attached hydrogen (secondary N) is 1. The van der Waals surface area contributed by atoms with Crippen LogP contribution in [0.4, 0.5) is 0 Å². The number of H-pyrrole nitrogens is 1. The Kier molecular flexibility index (Phi) is 2.87. The molecule has 0 radical (unpaired) electrons. The molecule has 0 saturated heterocycles. The number of carboxylic acid groups (broad SMARTS) is 1. The number of hydrogen-bond donors (Lipinski definition) is 2. The summed E-state index contributed by atoms with van der Waals surface area (Å²) in [5.41, 5.74) is 2.34. The van der Waals surface area contributed by atoms with Gasteiger partial charge in [-0.3, -0.25) is 4.98 Å². The molecular weight excluding hydrogens is 256 g/mol. The standard InChI is InChI=1S/C15H12N2O3/c1-20-9-2-3-10-11-6-7-16-12(4-5-14(18)19)15(11)17-13(10)8-9/h2-8,17H,1H3,(H,18,19). The molecule has 20 heavy (non-hydrogen) atoms. The SMILES string of the molecule is COc1ccc2c(c1)[nH]c1c(C=CC(=O)O)nccc12. The largest absolute Gasteiger partial charge is 0.497 e. The number of carbonyl (C=O) groups is 1. The van der Waals surface area contributed by atoms with E-state index in [0.717, 1.165) is 33.6 Å². The number of benzene rings is 1. The summed E-state index contributed by atoms with van der Waals surface area (Å²) in [5.74, 6) is -0.235. The molecule has 3 rings (SSSR count). The normalized spacial score (nSPS) is 11.4. The zero-order valence-corrected chi connectivity index (χ0v) is 10.8. The molecule has 5 heteroatoms. The monoisotopic (exact) mass is 268 g/mol. The van der Waals surface area contributed by atoms with Crippen molar-refractivity contribution in [1.82, 2.24) is 9.97 Å². The Balaban J connectivity index is 2.26. The number of nitrogens with zero attached hydrogens (tertiary/aromatic N) is 1. The van der Waals surface area contributed by atoms with E-state index in [4.69, 9.17) is 9.84 Å². The molecule has 0 saturated carbocycles. The summed E-state index contributed by atoms with van der Waals surface area (Å²) >= 11 is 0. The molecule has 5 nitrogen and oxygen atoms in total. The molecule has 2 heterocycles. The van der Waals surface area contributed by atoms with Crippen molar-refractivity contribution in [2.24, 2.45) is 0 Å². The Morgan fingerprint density at radius 3 is 2.95 bits per heavy atom. The average molecular weight is 268 g/mol. The smallest absolute Gasteiger partial charge is 0.328 e. The van der Waals surface area contributed by atoms with Gasteiger partial charge in [0.1, 0.15) is 5.75 Å². The second-order valence-corrected chi connectivity index (χ2v) is 4.33. The van der Waals surface area contributed by atoms with E-state index in [-0.39, 0.29) is 0 Å². The molecule has 0 aliphatic rings. The minimum Gasteiger partial charge on any atom is -0.497 e. The van der Waals surface area contributed by atoms with Gasteiger partial charge in [0.25, 0.3) is 0 Å². The van der Waals surface area contributed by atoms with Gasteiger partial charge in [0.2, 0.25) is 0 Å². The average Bonchev–Trinajstić information content (AvgIpc) is 2.83. The Morgan fingerprint density at radius 2 is 2.20 bits per heavy atom. The van der Waals surface area contributed by atoms with Crippen molar-refractivity contribution < 1.29 is 14.6 Å². The lowest BCUT2D eigenvalue weighted by Gasteiger charge is -1.98. The van der Waals surface area contributed by atoms with Crippen LogP contribution >= 0.6 is 0 Å². The molecule has 0 atom stereocenters. The van der Waals surface area contributed by atoms with E-state index >= 15 is 0 Å². The predicted octanol–water partition coefficient (Wildman–Crippen LogP) is 2.82. The van der Waals surface area contributed by atoms with E-state index in [1.165, 1.54) is 6.08 Å². The molecule has 0 fully saturated rings. The fourth-order valence-electron chi connectivity index (χ4n) is 2.23. The van der Waals surface area contributed by atoms with Crippen molar-refractivity contribution in [3.05, 3.63) is 42.2 Å². The van der Waals surface area contributed by atoms with E-state index in [0.29, 0.717) is 5.69 Å². The van der Waals surface area contributed by atoms with Gasteiger partial charge in [0.15, 0.2) is 0 Å². The van der Waals surface area contributed by atoms with E-state index in [2.05, 4.69) is 9.97 Å². The topological polar surface area (TPSA) is 75.2 Å². The molecule has 100 valence electrons. The minimum absolute atomic E-state index is 0.597. The first kappa shape index (κ1) is 12.2. The van der Waals surface area contributed by atoms with Gasteiger partial charge < -0.3 is 14.8 Å². The van der Waals surface area contributed by atoms with Crippen molar-refractivity contribution in [2.75, 3.05) is 7.11 Å². The molecule has 2 aromatic heterocycles. The van der Waals surface area contributed by atoms with Crippen LogP contribution in [0.5, 0.6) is 5.75 Å². The van der Waals surface area contributed by atoms with Crippen molar-refractivity contribution in [1.29, 1.82) is 0 Å². The van der Waals surface area contributed by atoms with E-state index in [1.807, 2.05) is 24.3 Å². The summed E-state index contributed by atoms with van der Waals surface area (Å²) in [7, 11) is 1.62. The Hall–Kier alpha value is -2.82. The third-order valence-electron chi connectivity index (χ3n) is 3.14. The van der Waals surface area contributed by atoms with Crippen LogP contribution in [0.25, 0.3) is 27.9 Å². The van der Waals surface area contributed by atoms with Gasteiger partial charge in [0.05, 0.1) is 23.8 Å². The first-order valence-electron chi connectivity index (χ1n) is 6.04. The quantitative estimate of drug-likeness (QED) is 0.716. The molecule has 1 aromatic carbocycles. The van der Waals surface area contributed by atoms with Crippen molar-refractivity contribution >= 4 is 33.9 Å². The van der Waals surface area contributed by atoms with E-state index in [9.17, 15) is 4.79 Å². The molecule has 0 aliphatic heterocycles. The molecule has 0 bridgehead atoms. The zero-order chi connectivity index (χ0) is 14.1. The number of methoxy groups -OCH3 is 1. The Morgan fingerprint density at radius 1 is 1.35 bits per heavy atom. The van der Waals surface area contributed by atoms with Gasteiger partial charge >= 0.3 is 5.97 Å². The number of hydrogen-bond acceptors (Lipinski definition) is 3. The number of pyridine rings is 1. The lowest BCUT2D eigenvalue weighted by atomic mass is 10.1. The third-order valence-corrected chi connectivity index (χ3v) is 3.14. The molecule has 3 aromatic rings. The second-order valence-electron chi connectivity index (χ2n) is 4.33. The Bertz CT molecular complexity index is 834. The zero-order valence-electron chi connectivity index (χ0n) is 10.8. The highest BCUT2D eigenvalue weighted by atomic mass is 16.5. The fourth-order valence-corrected chi connectivity index (χ4v) is 2.23. The lowest BCUT2D eigenvalue weighted by Crippen LogP contribution is -1.88. The number of aromatic nitrogens is 2. The number of rotatable bonds is 3. The molecular formula is C15H12N2O3. The minimum atomic E-state index is -0.999. The highest BCUT2D eigenvalue weighted by Gasteiger charge is 2.08. The van der Waals surface area contributed by atoms with Crippen LogP contribution in [-0.4, -0.2) is 28.2 Å². The number of carboxylic acids is 1. The van der Waals surface area contributed by atoms with Crippen LogP contribution in [0, 0.1) is 0 Å². The van der Waals surface area contributed by atoms with Crippen LogP contribution in [-0.2, 0) is 4.79 Å². The van der Waals surface area contributed by atoms with Crippen LogP contribution in [0.1, 0.15) is 5.69 Å². The van der Waals surface area contributed by atoms with Gasteiger partial charge in [-0.15, -0.1) is 0 Å². The lowest BCUT2D eigenvalue weighted by molar-refractivity contribution is -0.131. The molecule has 0 spiro atoms. The van der Waals surface area contributed by atoms with Gasteiger partial charge in [0, 0.05) is 29.1 Å². The summed E-state index contributed by atoms with van der Waals surface area (Å²) in [6, 6.07) is 7.67. The van der Waals surface area contributed by atoms with Crippen LogP contribution in [0.2, 0.25) is 0 Å². The fraction of sp³-hybridized carbons (Fsp3) is 0.0667. The van der Waals surface area contributed by atoms with Crippen molar-refractivity contribution in [2.45, 2.75) is 0 Å². The number of ether oxygens (including phenoxy) is 1. The first-order chi connectivity index (χ1) is 9.69.